The monoisotopic (exact) mass is 384 g/mol. The lowest BCUT2D eigenvalue weighted by atomic mass is 9.78. The van der Waals surface area contributed by atoms with Crippen LogP contribution in [-0.2, 0) is 5.41 Å². The molecule has 0 aliphatic heterocycles. The molecule has 154 valence electrons. The van der Waals surface area contributed by atoms with E-state index in [9.17, 15) is 10.2 Å². The summed E-state index contributed by atoms with van der Waals surface area (Å²) in [4.78, 5) is 0. The Morgan fingerprint density at radius 2 is 1.32 bits per heavy atom. The highest BCUT2D eigenvalue weighted by Crippen LogP contribution is 2.34. The number of aliphatic hydroxyl groups is 1. The van der Waals surface area contributed by atoms with Crippen LogP contribution in [0.2, 0.25) is 0 Å². The molecule has 1 atom stereocenters. The van der Waals surface area contributed by atoms with E-state index in [2.05, 4.69) is 27.7 Å². The van der Waals surface area contributed by atoms with Crippen molar-refractivity contribution >= 4 is 0 Å². The predicted molar refractivity (Wildman–Crippen MR) is 118 cm³/mol. The first-order chi connectivity index (χ1) is 13.1. The Morgan fingerprint density at radius 1 is 0.893 bits per heavy atom. The molecule has 1 unspecified atom stereocenters. The molecule has 0 amide bonds. The van der Waals surface area contributed by atoms with E-state index in [-0.39, 0.29) is 11.2 Å². The van der Waals surface area contributed by atoms with Crippen molar-refractivity contribution in [2.75, 3.05) is 0 Å². The Hall–Kier alpha value is -2.26. The van der Waals surface area contributed by atoms with Gasteiger partial charge in [0.2, 0.25) is 6.29 Å². The highest BCUT2D eigenvalue weighted by Gasteiger charge is 2.27. The minimum atomic E-state index is -0.917. The molecular formula is C25H36O3. The number of aromatic hydroxyl groups is 1. The number of phenolic OH excluding ortho intramolecular Hbond substituents is 1. The molecule has 0 heterocycles. The van der Waals surface area contributed by atoms with Crippen LogP contribution in [-0.4, -0.2) is 16.5 Å². The van der Waals surface area contributed by atoms with Crippen LogP contribution in [0.25, 0.3) is 0 Å². The number of rotatable bonds is 6. The van der Waals surface area contributed by atoms with Gasteiger partial charge >= 0.3 is 0 Å². The highest BCUT2D eigenvalue weighted by molar-refractivity contribution is 5.41. The number of ether oxygens (including phenoxy) is 1. The Labute approximate surface area is 170 Å². The molecule has 0 saturated carbocycles. The fourth-order valence-corrected chi connectivity index (χ4v) is 2.79. The zero-order valence-electron chi connectivity index (χ0n) is 18.4. The third-order valence-electron chi connectivity index (χ3n) is 4.65. The van der Waals surface area contributed by atoms with Crippen molar-refractivity contribution in [2.45, 2.75) is 66.6 Å². The fraction of sp³-hybridized carbons (Fsp3) is 0.440. The van der Waals surface area contributed by atoms with Gasteiger partial charge in [0.1, 0.15) is 11.5 Å². The molecule has 2 N–H and O–H groups in total. The van der Waals surface area contributed by atoms with Crippen LogP contribution in [0.15, 0.2) is 60.7 Å². The SMILES string of the molecule is CC=CC(C)(C)C(O)Oc1ccc(C(C)(C)c2ccc(O)cc2)cc1.CCC. The molecule has 0 aliphatic carbocycles. The minimum Gasteiger partial charge on any atom is -0.508 e. The second-order valence-electron chi connectivity index (χ2n) is 8.19. The van der Waals surface area contributed by atoms with Crippen LogP contribution in [0.3, 0.4) is 0 Å². The van der Waals surface area contributed by atoms with E-state index in [1.807, 2.05) is 69.3 Å². The van der Waals surface area contributed by atoms with Crippen LogP contribution in [0, 0.1) is 5.41 Å². The maximum atomic E-state index is 10.3. The zero-order valence-corrected chi connectivity index (χ0v) is 18.4. The van der Waals surface area contributed by atoms with Gasteiger partial charge in [-0.15, -0.1) is 0 Å². The summed E-state index contributed by atoms with van der Waals surface area (Å²) >= 11 is 0. The van der Waals surface area contributed by atoms with Gasteiger partial charge in [0.15, 0.2) is 0 Å². The van der Waals surface area contributed by atoms with Gasteiger partial charge < -0.3 is 14.9 Å². The van der Waals surface area contributed by atoms with Gasteiger partial charge in [0.05, 0.1) is 0 Å². The van der Waals surface area contributed by atoms with Gasteiger partial charge in [-0.25, -0.2) is 0 Å². The zero-order chi connectivity index (χ0) is 21.4. The van der Waals surface area contributed by atoms with Crippen molar-refractivity contribution in [3.63, 3.8) is 0 Å². The van der Waals surface area contributed by atoms with Crippen molar-refractivity contribution in [1.82, 2.24) is 0 Å². The first-order valence-electron chi connectivity index (χ1n) is 9.97. The molecule has 0 aromatic heterocycles. The predicted octanol–water partition coefficient (Wildman–Crippen LogP) is 6.43. The number of benzene rings is 2. The summed E-state index contributed by atoms with van der Waals surface area (Å²) in [6.45, 7) is 14.3. The van der Waals surface area contributed by atoms with Gasteiger partial charge in [0, 0.05) is 10.8 Å². The lowest BCUT2D eigenvalue weighted by molar-refractivity contribution is -0.0812. The largest absolute Gasteiger partial charge is 0.508 e. The standard InChI is InChI=1S/C22H28O3.C3H8/c1-6-15-21(2,3)20(24)25-19-13-9-17(10-14-19)22(4,5)16-7-11-18(23)12-8-16;1-3-2/h6-15,20,23-24H,1-5H3;3H2,1-2H3. The van der Waals surface area contributed by atoms with E-state index >= 15 is 0 Å². The van der Waals surface area contributed by atoms with Gasteiger partial charge in [-0.05, 0) is 42.3 Å². The third-order valence-corrected chi connectivity index (χ3v) is 4.65. The Kier molecular flexibility index (Phi) is 8.77. The Morgan fingerprint density at radius 3 is 1.75 bits per heavy atom. The van der Waals surface area contributed by atoms with E-state index in [0.29, 0.717) is 5.75 Å². The van der Waals surface area contributed by atoms with Crippen molar-refractivity contribution < 1.29 is 14.9 Å². The lowest BCUT2D eigenvalue weighted by Crippen LogP contribution is -2.32. The maximum absolute atomic E-state index is 10.3. The molecule has 2 rings (SSSR count). The van der Waals surface area contributed by atoms with Crippen molar-refractivity contribution in [2.24, 2.45) is 5.41 Å². The van der Waals surface area contributed by atoms with E-state index in [4.69, 9.17) is 4.74 Å². The van der Waals surface area contributed by atoms with E-state index in [0.717, 1.165) is 11.1 Å². The summed E-state index contributed by atoms with van der Waals surface area (Å²) in [5, 5.41) is 19.8. The van der Waals surface area contributed by atoms with Crippen LogP contribution in [0.1, 0.15) is 66.0 Å². The van der Waals surface area contributed by atoms with Crippen LogP contribution in [0.4, 0.5) is 0 Å². The van der Waals surface area contributed by atoms with Crippen molar-refractivity contribution in [3.05, 3.63) is 71.8 Å². The van der Waals surface area contributed by atoms with Crippen LogP contribution < -0.4 is 4.74 Å². The number of hydrogen-bond acceptors (Lipinski definition) is 3. The summed E-state index contributed by atoms with van der Waals surface area (Å²) < 4.78 is 5.69. The molecule has 2 aromatic carbocycles. The topological polar surface area (TPSA) is 49.7 Å². The van der Waals surface area contributed by atoms with Crippen LogP contribution >= 0.6 is 0 Å². The molecular weight excluding hydrogens is 348 g/mol. The summed E-state index contributed by atoms with van der Waals surface area (Å²) in [5.41, 5.74) is 1.59. The van der Waals surface area contributed by atoms with Crippen molar-refractivity contribution in [3.8, 4) is 11.5 Å². The lowest BCUT2D eigenvalue weighted by Gasteiger charge is -2.29. The molecule has 2 aromatic rings. The molecule has 28 heavy (non-hydrogen) atoms. The van der Waals surface area contributed by atoms with Crippen molar-refractivity contribution in [1.29, 1.82) is 0 Å². The first kappa shape index (κ1) is 23.8. The molecule has 0 spiro atoms. The molecule has 0 saturated heterocycles. The average molecular weight is 385 g/mol. The molecule has 3 nitrogen and oxygen atoms in total. The van der Waals surface area contributed by atoms with Crippen LogP contribution in [0.5, 0.6) is 11.5 Å². The number of allylic oxidation sites excluding steroid dienone is 1. The summed E-state index contributed by atoms with van der Waals surface area (Å²) in [5.74, 6) is 0.899. The first-order valence-corrected chi connectivity index (χ1v) is 9.97. The van der Waals surface area contributed by atoms with E-state index in [1.54, 1.807) is 12.1 Å². The summed E-state index contributed by atoms with van der Waals surface area (Å²) in [6.07, 6.45) is 4.18. The Balaban J connectivity index is 0.00000122. The van der Waals surface area contributed by atoms with Gasteiger partial charge in [-0.2, -0.15) is 0 Å². The molecule has 0 fully saturated rings. The molecule has 3 heteroatoms. The number of hydrogen-bond donors (Lipinski definition) is 2. The third kappa shape index (κ3) is 6.42. The number of phenols is 1. The highest BCUT2D eigenvalue weighted by atomic mass is 16.6. The van der Waals surface area contributed by atoms with Gasteiger partial charge in [-0.1, -0.05) is 84.4 Å². The fourth-order valence-electron chi connectivity index (χ4n) is 2.79. The summed E-state index contributed by atoms with van der Waals surface area (Å²) in [7, 11) is 0. The average Bonchev–Trinajstić information content (AvgIpc) is 2.63. The second kappa shape index (κ2) is 10.3. The normalized spacial score (nSPS) is 13.0. The molecule has 0 radical (unpaired) electrons. The van der Waals surface area contributed by atoms with E-state index < -0.39 is 11.7 Å². The summed E-state index contributed by atoms with van der Waals surface area (Å²) in [6, 6.07) is 15.1. The number of aliphatic hydroxyl groups excluding tert-OH is 1. The Bertz CT molecular complexity index is 725. The van der Waals surface area contributed by atoms with Gasteiger partial charge in [-0.3, -0.25) is 0 Å². The molecule has 0 aliphatic rings. The second-order valence-corrected chi connectivity index (χ2v) is 8.19. The maximum Gasteiger partial charge on any atom is 0.206 e. The van der Waals surface area contributed by atoms with Gasteiger partial charge in [0.25, 0.3) is 0 Å². The van der Waals surface area contributed by atoms with E-state index in [1.165, 1.54) is 6.42 Å². The smallest absolute Gasteiger partial charge is 0.206 e. The molecule has 0 bridgehead atoms. The minimum absolute atomic E-state index is 0.199. The quantitative estimate of drug-likeness (QED) is 0.445.